The fraction of sp³-hybridized carbons (Fsp3) is 0.526. The van der Waals surface area contributed by atoms with Crippen LogP contribution < -0.4 is 5.32 Å². The number of amides is 1. The van der Waals surface area contributed by atoms with Gasteiger partial charge in [-0.05, 0) is 30.9 Å². The van der Waals surface area contributed by atoms with Crippen LogP contribution in [0, 0.1) is 0 Å². The Balaban J connectivity index is 1.58. The average Bonchev–Trinajstić information content (AvgIpc) is 2.69. The molecule has 0 atom stereocenters. The van der Waals surface area contributed by atoms with Crippen molar-refractivity contribution in [1.82, 2.24) is 9.88 Å². The maximum Gasteiger partial charge on any atom is 0.220 e. The van der Waals surface area contributed by atoms with Crippen molar-refractivity contribution in [2.75, 3.05) is 0 Å². The average molecular weight is 298 g/mol. The van der Waals surface area contributed by atoms with Gasteiger partial charge in [0.25, 0.3) is 0 Å². The summed E-state index contributed by atoms with van der Waals surface area (Å²) in [5.74, 6) is 0.208. The topological polar surface area (TPSA) is 34.0 Å². The Morgan fingerprint density at radius 2 is 1.91 bits per heavy atom. The lowest BCUT2D eigenvalue weighted by Crippen LogP contribution is -2.34. The van der Waals surface area contributed by atoms with E-state index in [1.165, 1.54) is 42.1 Å². The Bertz CT molecular complexity index is 636. The van der Waals surface area contributed by atoms with Crippen LogP contribution in [0.3, 0.4) is 0 Å². The number of carbonyl (C=O) groups is 1. The number of fused-ring (bicyclic) bond motifs is 1. The number of aryl methyl sites for hydroxylation is 2. The SMILES string of the molecule is Cn1cc(CCC(=O)NC2CCCCCC2)c2ccccc21. The fourth-order valence-electron chi connectivity index (χ4n) is 3.60. The van der Waals surface area contributed by atoms with E-state index in [0.717, 1.165) is 19.3 Å². The Hall–Kier alpha value is -1.77. The van der Waals surface area contributed by atoms with Gasteiger partial charge in [0.1, 0.15) is 0 Å². The van der Waals surface area contributed by atoms with E-state index in [1.54, 1.807) is 0 Å². The molecule has 0 bridgehead atoms. The van der Waals surface area contributed by atoms with E-state index in [4.69, 9.17) is 0 Å². The Morgan fingerprint density at radius 1 is 1.18 bits per heavy atom. The van der Waals surface area contributed by atoms with Gasteiger partial charge in [-0.15, -0.1) is 0 Å². The van der Waals surface area contributed by atoms with E-state index in [-0.39, 0.29) is 5.91 Å². The van der Waals surface area contributed by atoms with Gasteiger partial charge in [0.05, 0.1) is 0 Å². The van der Waals surface area contributed by atoms with Crippen molar-refractivity contribution in [2.45, 2.75) is 57.4 Å². The second-order valence-electron chi connectivity index (χ2n) is 6.54. The smallest absolute Gasteiger partial charge is 0.220 e. The van der Waals surface area contributed by atoms with E-state index in [9.17, 15) is 4.79 Å². The zero-order valence-electron chi connectivity index (χ0n) is 13.5. The Labute approximate surface area is 132 Å². The molecule has 0 spiro atoms. The quantitative estimate of drug-likeness (QED) is 0.852. The van der Waals surface area contributed by atoms with Gasteiger partial charge in [0, 0.05) is 36.6 Å². The van der Waals surface area contributed by atoms with Crippen LogP contribution in [0.5, 0.6) is 0 Å². The molecule has 1 aliphatic rings. The summed E-state index contributed by atoms with van der Waals surface area (Å²) in [4.78, 5) is 12.2. The first-order valence-corrected chi connectivity index (χ1v) is 8.56. The van der Waals surface area contributed by atoms with E-state index < -0.39 is 0 Å². The molecule has 118 valence electrons. The van der Waals surface area contributed by atoms with Gasteiger partial charge in [0.2, 0.25) is 5.91 Å². The third-order valence-corrected chi connectivity index (χ3v) is 4.82. The molecular weight excluding hydrogens is 272 g/mol. The van der Waals surface area contributed by atoms with E-state index >= 15 is 0 Å². The van der Waals surface area contributed by atoms with Gasteiger partial charge in [0.15, 0.2) is 0 Å². The molecule has 0 aliphatic heterocycles. The summed E-state index contributed by atoms with van der Waals surface area (Å²) in [6.45, 7) is 0. The number of benzene rings is 1. The molecule has 1 fully saturated rings. The fourth-order valence-corrected chi connectivity index (χ4v) is 3.60. The standard InChI is InChI=1S/C19H26N2O/c1-21-14-15(17-10-6-7-11-18(17)21)12-13-19(22)20-16-8-4-2-3-5-9-16/h6-7,10-11,14,16H,2-5,8-9,12-13H2,1H3,(H,20,22). The van der Waals surface area contributed by atoms with E-state index in [1.807, 2.05) is 0 Å². The molecule has 1 saturated carbocycles. The zero-order chi connectivity index (χ0) is 15.4. The summed E-state index contributed by atoms with van der Waals surface area (Å²) in [6.07, 6.45) is 11.0. The second-order valence-corrected chi connectivity index (χ2v) is 6.54. The minimum absolute atomic E-state index is 0.208. The van der Waals surface area contributed by atoms with E-state index in [0.29, 0.717) is 12.5 Å². The van der Waals surface area contributed by atoms with Crippen molar-refractivity contribution in [2.24, 2.45) is 7.05 Å². The number of nitrogens with one attached hydrogen (secondary N) is 1. The molecule has 1 N–H and O–H groups in total. The Morgan fingerprint density at radius 3 is 2.68 bits per heavy atom. The number of rotatable bonds is 4. The molecule has 3 rings (SSSR count). The Kier molecular flexibility index (Phi) is 4.81. The summed E-state index contributed by atoms with van der Waals surface area (Å²) in [7, 11) is 2.07. The number of para-hydroxylation sites is 1. The monoisotopic (exact) mass is 298 g/mol. The maximum absolute atomic E-state index is 12.2. The lowest BCUT2D eigenvalue weighted by atomic mass is 10.1. The van der Waals surface area contributed by atoms with Crippen LogP contribution >= 0.6 is 0 Å². The highest BCUT2D eigenvalue weighted by molar-refractivity contribution is 5.85. The molecule has 1 aromatic carbocycles. The normalized spacial score (nSPS) is 16.6. The number of hydrogen-bond acceptors (Lipinski definition) is 1. The van der Waals surface area contributed by atoms with Crippen LogP contribution in [-0.2, 0) is 18.3 Å². The predicted molar refractivity (Wildman–Crippen MR) is 90.9 cm³/mol. The third kappa shape index (κ3) is 3.52. The molecule has 1 aliphatic carbocycles. The van der Waals surface area contributed by atoms with Crippen molar-refractivity contribution in [3.05, 3.63) is 36.0 Å². The maximum atomic E-state index is 12.2. The van der Waals surface area contributed by atoms with Crippen molar-refractivity contribution >= 4 is 16.8 Å². The second kappa shape index (κ2) is 6.99. The van der Waals surface area contributed by atoms with Gasteiger partial charge in [-0.25, -0.2) is 0 Å². The largest absolute Gasteiger partial charge is 0.353 e. The first-order chi connectivity index (χ1) is 10.7. The number of carbonyl (C=O) groups excluding carboxylic acids is 1. The van der Waals surface area contributed by atoms with Crippen LogP contribution in [0.1, 0.15) is 50.5 Å². The van der Waals surface area contributed by atoms with Crippen molar-refractivity contribution in [3.8, 4) is 0 Å². The molecule has 0 saturated heterocycles. The van der Waals surface area contributed by atoms with Crippen LogP contribution in [0.25, 0.3) is 10.9 Å². The van der Waals surface area contributed by atoms with Gasteiger partial charge < -0.3 is 9.88 Å². The van der Waals surface area contributed by atoms with E-state index in [2.05, 4.69) is 47.4 Å². The minimum Gasteiger partial charge on any atom is -0.353 e. The first kappa shape index (κ1) is 15.1. The lowest BCUT2D eigenvalue weighted by Gasteiger charge is -2.16. The van der Waals surface area contributed by atoms with Crippen molar-refractivity contribution < 1.29 is 4.79 Å². The van der Waals surface area contributed by atoms with Gasteiger partial charge in [-0.3, -0.25) is 4.79 Å². The lowest BCUT2D eigenvalue weighted by molar-refractivity contribution is -0.121. The summed E-state index contributed by atoms with van der Waals surface area (Å²) in [5, 5.41) is 4.51. The highest BCUT2D eigenvalue weighted by atomic mass is 16.1. The first-order valence-electron chi connectivity index (χ1n) is 8.56. The van der Waals surface area contributed by atoms with Crippen molar-refractivity contribution in [1.29, 1.82) is 0 Å². The molecule has 2 aromatic rings. The summed E-state index contributed by atoms with van der Waals surface area (Å²) in [5.41, 5.74) is 2.51. The van der Waals surface area contributed by atoms with Crippen molar-refractivity contribution in [3.63, 3.8) is 0 Å². The number of nitrogens with zero attached hydrogens (tertiary/aromatic N) is 1. The number of hydrogen-bond donors (Lipinski definition) is 1. The molecule has 1 aromatic heterocycles. The molecule has 22 heavy (non-hydrogen) atoms. The molecule has 1 heterocycles. The highest BCUT2D eigenvalue weighted by Gasteiger charge is 2.15. The van der Waals surface area contributed by atoms with Crippen LogP contribution in [0.4, 0.5) is 0 Å². The molecular formula is C19H26N2O. The molecule has 1 amide bonds. The molecule has 0 radical (unpaired) electrons. The van der Waals surface area contributed by atoms with Crippen LogP contribution in [0.15, 0.2) is 30.5 Å². The van der Waals surface area contributed by atoms with Gasteiger partial charge in [-0.2, -0.15) is 0 Å². The van der Waals surface area contributed by atoms with Gasteiger partial charge in [-0.1, -0.05) is 43.9 Å². The third-order valence-electron chi connectivity index (χ3n) is 4.82. The van der Waals surface area contributed by atoms with Crippen LogP contribution in [-0.4, -0.2) is 16.5 Å². The summed E-state index contributed by atoms with van der Waals surface area (Å²) < 4.78 is 2.15. The van der Waals surface area contributed by atoms with Gasteiger partial charge >= 0.3 is 0 Å². The molecule has 3 nitrogen and oxygen atoms in total. The molecule has 0 unspecified atom stereocenters. The van der Waals surface area contributed by atoms with Crippen LogP contribution in [0.2, 0.25) is 0 Å². The predicted octanol–water partition coefficient (Wildman–Crippen LogP) is 3.95. The number of aromatic nitrogens is 1. The molecule has 3 heteroatoms. The summed E-state index contributed by atoms with van der Waals surface area (Å²) >= 11 is 0. The summed E-state index contributed by atoms with van der Waals surface area (Å²) in [6, 6.07) is 8.81. The zero-order valence-corrected chi connectivity index (χ0v) is 13.5. The minimum atomic E-state index is 0.208. The highest BCUT2D eigenvalue weighted by Crippen LogP contribution is 2.22.